The molecule has 0 bridgehead atoms. The molecule has 0 aromatic rings. The molecule has 0 aliphatic rings. The molecule has 332 valence electrons. The molecule has 0 spiro atoms. The molecule has 0 rings (SSSR count). The summed E-state index contributed by atoms with van der Waals surface area (Å²) < 4.78 is 26.5. The Bertz CT molecular complexity index is 920. The molecule has 0 saturated carbocycles. The first-order valence-electron chi connectivity index (χ1n) is 24.0. The number of carbonyl (C=O) groups is 2. The van der Waals surface area contributed by atoms with Crippen LogP contribution in [0.4, 0.5) is 0 Å². The molecule has 0 fully saturated rings. The van der Waals surface area contributed by atoms with Crippen molar-refractivity contribution in [3.05, 3.63) is 12.2 Å². The fourth-order valence-corrected chi connectivity index (χ4v) is 7.55. The first-order valence-corrected chi connectivity index (χ1v) is 25.5. The highest BCUT2D eigenvalue weighted by atomic mass is 31.2. The Labute approximate surface area is 346 Å². The minimum absolute atomic E-state index is 0.206. The van der Waals surface area contributed by atoms with Crippen LogP contribution in [0.2, 0.25) is 0 Å². The quantitative estimate of drug-likeness (QED) is 0.0270. The Hall–Kier alpha value is -1.21. The van der Waals surface area contributed by atoms with Crippen molar-refractivity contribution in [1.29, 1.82) is 0 Å². The van der Waals surface area contributed by atoms with Gasteiger partial charge in [-0.05, 0) is 38.5 Å². The molecule has 0 saturated heterocycles. The van der Waals surface area contributed by atoms with E-state index in [-0.39, 0.29) is 19.4 Å². The van der Waals surface area contributed by atoms with E-state index in [4.69, 9.17) is 19.3 Å². The van der Waals surface area contributed by atoms with Crippen LogP contribution >= 0.6 is 7.82 Å². The zero-order valence-electron chi connectivity index (χ0n) is 36.8. The minimum atomic E-state index is -4.75. The first-order chi connectivity index (χ1) is 27.3. The van der Waals surface area contributed by atoms with Gasteiger partial charge in [-0.25, -0.2) is 4.57 Å². The SMILES string of the molecule is CCCCCCCC/C=C/CCCCCCCC(=O)O[C@H](COC(=O)CCCCCCCCCCCCCCCCCCCCCCCCC)COP(=O)(O)O. The van der Waals surface area contributed by atoms with Crippen LogP contribution in [-0.4, -0.2) is 41.0 Å². The van der Waals surface area contributed by atoms with Crippen molar-refractivity contribution in [2.75, 3.05) is 13.2 Å². The molecule has 0 radical (unpaired) electrons. The molecule has 56 heavy (non-hydrogen) atoms. The summed E-state index contributed by atoms with van der Waals surface area (Å²) in [5.41, 5.74) is 0. The van der Waals surface area contributed by atoms with Crippen molar-refractivity contribution in [2.45, 2.75) is 264 Å². The topological polar surface area (TPSA) is 119 Å². The Morgan fingerprint density at radius 2 is 0.750 bits per heavy atom. The molecule has 2 N–H and O–H groups in total. The van der Waals surface area contributed by atoms with Crippen LogP contribution in [0, 0.1) is 0 Å². The monoisotopic (exact) mass is 815 g/mol. The molecule has 0 aliphatic heterocycles. The van der Waals surface area contributed by atoms with Crippen molar-refractivity contribution in [3.63, 3.8) is 0 Å². The summed E-state index contributed by atoms with van der Waals surface area (Å²) in [6.07, 6.45) is 49.5. The minimum Gasteiger partial charge on any atom is -0.462 e. The van der Waals surface area contributed by atoms with Crippen molar-refractivity contribution < 1.29 is 37.9 Å². The Morgan fingerprint density at radius 3 is 1.09 bits per heavy atom. The molecular formula is C47H91O8P. The number of ether oxygens (including phenoxy) is 2. The molecular weight excluding hydrogens is 723 g/mol. The maximum atomic E-state index is 12.4. The van der Waals surface area contributed by atoms with Crippen LogP contribution in [0.15, 0.2) is 12.2 Å². The summed E-state index contributed by atoms with van der Waals surface area (Å²) in [4.78, 5) is 43.0. The van der Waals surface area contributed by atoms with Crippen LogP contribution in [0.1, 0.15) is 258 Å². The zero-order chi connectivity index (χ0) is 41.1. The van der Waals surface area contributed by atoms with E-state index < -0.39 is 32.5 Å². The van der Waals surface area contributed by atoms with E-state index in [1.807, 2.05) is 0 Å². The molecule has 0 amide bonds. The lowest BCUT2D eigenvalue weighted by Crippen LogP contribution is -2.29. The summed E-state index contributed by atoms with van der Waals surface area (Å²) in [5.74, 6) is -0.879. The maximum Gasteiger partial charge on any atom is 0.469 e. The van der Waals surface area contributed by atoms with E-state index >= 15 is 0 Å². The fourth-order valence-electron chi connectivity index (χ4n) is 7.19. The van der Waals surface area contributed by atoms with Crippen molar-refractivity contribution in [3.8, 4) is 0 Å². The number of rotatable bonds is 45. The number of carbonyl (C=O) groups excluding carboxylic acids is 2. The lowest BCUT2D eigenvalue weighted by Gasteiger charge is -2.18. The molecule has 0 aliphatic carbocycles. The third-order valence-electron chi connectivity index (χ3n) is 10.8. The maximum absolute atomic E-state index is 12.4. The van der Waals surface area contributed by atoms with Crippen LogP contribution < -0.4 is 0 Å². The second-order valence-corrected chi connectivity index (χ2v) is 17.7. The number of phosphoric ester groups is 1. The van der Waals surface area contributed by atoms with Gasteiger partial charge in [0.2, 0.25) is 0 Å². The molecule has 0 aromatic carbocycles. The summed E-state index contributed by atoms with van der Waals surface area (Å²) in [7, 11) is -4.75. The predicted molar refractivity (Wildman–Crippen MR) is 235 cm³/mol. The predicted octanol–water partition coefficient (Wildman–Crippen LogP) is 15.0. The number of unbranched alkanes of at least 4 members (excludes halogenated alkanes) is 33. The Kier molecular flexibility index (Phi) is 42.4. The van der Waals surface area contributed by atoms with Gasteiger partial charge in [0.1, 0.15) is 6.61 Å². The van der Waals surface area contributed by atoms with Crippen LogP contribution in [0.25, 0.3) is 0 Å². The summed E-state index contributed by atoms with van der Waals surface area (Å²) in [6.45, 7) is 3.71. The average Bonchev–Trinajstić information content (AvgIpc) is 3.17. The molecule has 0 heterocycles. The summed E-state index contributed by atoms with van der Waals surface area (Å²) in [6, 6.07) is 0. The Balaban J connectivity index is 3.78. The van der Waals surface area contributed by atoms with E-state index in [0.717, 1.165) is 51.4 Å². The highest BCUT2D eigenvalue weighted by molar-refractivity contribution is 7.46. The molecule has 0 aromatic heterocycles. The van der Waals surface area contributed by atoms with E-state index in [1.54, 1.807) is 0 Å². The van der Waals surface area contributed by atoms with E-state index in [9.17, 15) is 14.2 Å². The Morgan fingerprint density at radius 1 is 0.446 bits per heavy atom. The normalized spacial score (nSPS) is 12.4. The summed E-state index contributed by atoms with van der Waals surface area (Å²) >= 11 is 0. The van der Waals surface area contributed by atoms with Gasteiger partial charge in [-0.3, -0.25) is 14.1 Å². The van der Waals surface area contributed by atoms with Gasteiger partial charge < -0.3 is 19.3 Å². The summed E-state index contributed by atoms with van der Waals surface area (Å²) in [5, 5.41) is 0. The van der Waals surface area contributed by atoms with Gasteiger partial charge in [0, 0.05) is 12.8 Å². The van der Waals surface area contributed by atoms with Gasteiger partial charge >= 0.3 is 19.8 Å². The highest BCUT2D eigenvalue weighted by Crippen LogP contribution is 2.36. The number of hydrogen-bond acceptors (Lipinski definition) is 6. The molecule has 8 nitrogen and oxygen atoms in total. The number of hydrogen-bond donors (Lipinski definition) is 2. The van der Waals surface area contributed by atoms with Gasteiger partial charge in [-0.15, -0.1) is 0 Å². The van der Waals surface area contributed by atoms with Gasteiger partial charge in [-0.1, -0.05) is 219 Å². The smallest absolute Gasteiger partial charge is 0.462 e. The van der Waals surface area contributed by atoms with Crippen molar-refractivity contribution in [1.82, 2.24) is 0 Å². The van der Waals surface area contributed by atoms with Crippen molar-refractivity contribution in [2.24, 2.45) is 0 Å². The average molecular weight is 815 g/mol. The standard InChI is InChI=1S/C47H91O8P/c1-3-5-7-9-11-13-15-17-19-20-21-22-23-24-25-26-28-29-31-33-35-37-39-41-46(48)53-43-45(44-54-56(50,51)52)55-47(49)42-40-38-36-34-32-30-27-18-16-14-12-10-8-6-4-2/h18,27,45H,3-17,19-26,28-44H2,1-2H3,(H2,50,51,52)/b27-18+/t45-/m1/s1. The third-order valence-corrected chi connectivity index (χ3v) is 11.3. The van der Waals surface area contributed by atoms with Crippen LogP contribution in [-0.2, 0) is 28.2 Å². The lowest BCUT2D eigenvalue weighted by molar-refractivity contribution is -0.161. The van der Waals surface area contributed by atoms with E-state index in [2.05, 4.69) is 30.5 Å². The third kappa shape index (κ3) is 45.5. The number of allylic oxidation sites excluding steroid dienone is 2. The second kappa shape index (κ2) is 43.4. The lowest BCUT2D eigenvalue weighted by atomic mass is 10.0. The first kappa shape index (κ1) is 54.8. The molecule has 9 heteroatoms. The zero-order valence-corrected chi connectivity index (χ0v) is 37.7. The fraction of sp³-hybridized carbons (Fsp3) is 0.915. The largest absolute Gasteiger partial charge is 0.469 e. The van der Waals surface area contributed by atoms with Gasteiger partial charge in [-0.2, -0.15) is 0 Å². The molecule has 0 unspecified atom stereocenters. The highest BCUT2D eigenvalue weighted by Gasteiger charge is 2.23. The van der Waals surface area contributed by atoms with Gasteiger partial charge in [0.15, 0.2) is 6.10 Å². The number of phosphoric acid groups is 1. The second-order valence-electron chi connectivity index (χ2n) is 16.4. The van der Waals surface area contributed by atoms with Crippen LogP contribution in [0.3, 0.4) is 0 Å². The number of esters is 2. The van der Waals surface area contributed by atoms with Crippen molar-refractivity contribution >= 4 is 19.8 Å². The van der Waals surface area contributed by atoms with Crippen LogP contribution in [0.5, 0.6) is 0 Å². The van der Waals surface area contributed by atoms with Gasteiger partial charge in [0.25, 0.3) is 0 Å². The molecule has 1 atom stereocenters. The van der Waals surface area contributed by atoms with E-state index in [0.29, 0.717) is 6.42 Å². The van der Waals surface area contributed by atoms with E-state index in [1.165, 1.54) is 173 Å². The van der Waals surface area contributed by atoms with Gasteiger partial charge in [0.05, 0.1) is 6.61 Å².